The van der Waals surface area contributed by atoms with Crippen LogP contribution in [0.5, 0.6) is 0 Å². The number of hydroxylamine groups is 3. The van der Waals surface area contributed by atoms with E-state index in [-0.39, 0.29) is 16.3 Å². The summed E-state index contributed by atoms with van der Waals surface area (Å²) < 4.78 is 13.7. The minimum absolute atomic E-state index is 0.0294. The van der Waals surface area contributed by atoms with Crippen molar-refractivity contribution in [3.63, 3.8) is 0 Å². The normalized spacial score (nSPS) is 13.5. The average molecular weight is 461 g/mol. The van der Waals surface area contributed by atoms with Gasteiger partial charge in [0.25, 0.3) is 5.91 Å². The molecule has 0 fully saturated rings. The van der Waals surface area contributed by atoms with Crippen molar-refractivity contribution in [2.75, 3.05) is 25.0 Å². The van der Waals surface area contributed by atoms with Gasteiger partial charge in [0.1, 0.15) is 25.5 Å². The molecule has 1 aromatic heterocycles. The zero-order valence-electron chi connectivity index (χ0n) is 21.2. The molecule has 7 heteroatoms. The lowest BCUT2D eigenvalue weighted by Crippen LogP contribution is -2.44. The van der Waals surface area contributed by atoms with Crippen LogP contribution < -0.4 is 5.32 Å². The molecule has 2 aromatic rings. The number of H-pyrrole nitrogens is 1. The number of anilines is 1. The van der Waals surface area contributed by atoms with Gasteiger partial charge in [-0.3, -0.25) is 9.59 Å². The van der Waals surface area contributed by atoms with Gasteiger partial charge in [0, 0.05) is 28.2 Å². The number of ketones is 1. The molecule has 0 unspecified atom stereocenters. The first kappa shape index (κ1) is 28.3. The van der Waals surface area contributed by atoms with Gasteiger partial charge >= 0.3 is 0 Å². The van der Waals surface area contributed by atoms with Gasteiger partial charge in [-0.2, -0.15) is 4.65 Å². The highest BCUT2D eigenvalue weighted by Crippen LogP contribution is 2.34. The van der Waals surface area contributed by atoms with Gasteiger partial charge in [-0.05, 0) is 70.9 Å². The number of aromatic amines is 1. The molecule has 0 saturated carbocycles. The third kappa shape index (κ3) is 6.85. The number of quaternary nitrogens is 1. The minimum Gasteiger partial charge on any atom is -0.358 e. The fourth-order valence-corrected chi connectivity index (χ4v) is 3.85. The summed E-state index contributed by atoms with van der Waals surface area (Å²) in [6.07, 6.45) is 2.72. The molecule has 1 aliphatic heterocycles. The number of amides is 1. The van der Waals surface area contributed by atoms with E-state index >= 15 is 0 Å². The van der Waals surface area contributed by atoms with Crippen molar-refractivity contribution < 1.29 is 23.8 Å². The molecular formula is C26H39FN3O3+. The van der Waals surface area contributed by atoms with Crippen molar-refractivity contribution in [2.24, 2.45) is 0 Å². The summed E-state index contributed by atoms with van der Waals surface area (Å²) in [6.45, 7) is 17.8. The van der Waals surface area contributed by atoms with Crippen LogP contribution in [0.4, 0.5) is 10.1 Å². The quantitative estimate of drug-likeness (QED) is 0.210. The first-order valence-corrected chi connectivity index (χ1v) is 11.7. The van der Waals surface area contributed by atoms with Crippen LogP contribution in [-0.2, 0) is 4.79 Å². The van der Waals surface area contributed by atoms with E-state index in [4.69, 9.17) is 0 Å². The van der Waals surface area contributed by atoms with Gasteiger partial charge in [0.15, 0.2) is 5.78 Å². The Hall–Kier alpha value is -2.77. The van der Waals surface area contributed by atoms with Crippen LogP contribution in [0, 0.1) is 19.7 Å². The van der Waals surface area contributed by atoms with Crippen molar-refractivity contribution in [2.45, 2.75) is 61.8 Å². The summed E-state index contributed by atoms with van der Waals surface area (Å²) >= 11 is 0. The summed E-state index contributed by atoms with van der Waals surface area (Å²) in [4.78, 5) is 26.9. The molecule has 0 radical (unpaired) electrons. The predicted molar refractivity (Wildman–Crippen MR) is 133 cm³/mol. The molecule has 1 amide bonds. The molecule has 0 bridgehead atoms. The number of carbonyl (C=O) groups is 2. The summed E-state index contributed by atoms with van der Waals surface area (Å²) in [5.74, 6) is -0.709. The minimum atomic E-state index is -0.398. The molecular weight excluding hydrogens is 421 g/mol. The summed E-state index contributed by atoms with van der Waals surface area (Å²) in [6, 6.07) is 4.17. The molecule has 1 aliphatic rings. The Morgan fingerprint density at radius 1 is 1.15 bits per heavy atom. The van der Waals surface area contributed by atoms with Gasteiger partial charge in [-0.1, -0.05) is 20.8 Å². The molecule has 33 heavy (non-hydrogen) atoms. The fraction of sp³-hybridized carbons (Fsp3) is 0.462. The van der Waals surface area contributed by atoms with Crippen LogP contribution in [0.3, 0.4) is 0 Å². The zero-order valence-corrected chi connectivity index (χ0v) is 21.2. The zero-order chi connectivity index (χ0) is 25.3. The SMILES string of the molecule is CC.CC(=O)c1c(C)[nH]c(/C=C2\C(=O)Nc3ccc(F)cc32)c1C.CCC[N+](O)(CC)CC. The topological polar surface area (TPSA) is 82.2 Å². The Balaban J connectivity index is 0.000000420. The molecule has 0 saturated heterocycles. The van der Waals surface area contributed by atoms with Crippen molar-refractivity contribution in [1.82, 2.24) is 4.98 Å². The molecule has 0 spiro atoms. The van der Waals surface area contributed by atoms with Crippen molar-refractivity contribution in [1.29, 1.82) is 0 Å². The number of carbonyl (C=O) groups excluding carboxylic acids is 2. The number of aryl methyl sites for hydroxylation is 1. The van der Waals surface area contributed by atoms with E-state index in [2.05, 4.69) is 17.2 Å². The third-order valence-electron chi connectivity index (χ3n) is 5.70. The van der Waals surface area contributed by atoms with E-state index in [0.29, 0.717) is 28.1 Å². The van der Waals surface area contributed by atoms with Crippen molar-refractivity contribution in [3.05, 3.63) is 52.1 Å². The third-order valence-corrected chi connectivity index (χ3v) is 5.70. The number of Topliss-reactive ketones (excluding diaryl/α,β-unsaturated/α-hetero) is 1. The van der Waals surface area contributed by atoms with E-state index in [0.717, 1.165) is 37.3 Å². The Morgan fingerprint density at radius 3 is 2.21 bits per heavy atom. The highest BCUT2D eigenvalue weighted by atomic mass is 19.1. The van der Waals surface area contributed by atoms with Crippen LogP contribution in [0.15, 0.2) is 18.2 Å². The standard InChI is InChI=1S/C17H15FN2O2.C7H18NO.C2H6/c1-8-15(19-9(2)16(8)10(3)21)7-13-12-6-11(18)4-5-14(12)20-17(13)22;1-4-7-8(9,5-2)6-3;1-2/h4-7,19H,1-3H3,(H,20,22);9H,4-7H2,1-3H3;1-2H3/q;+1;/b13-7-;;. The number of rotatable bonds is 6. The lowest BCUT2D eigenvalue weighted by molar-refractivity contribution is -1.10. The maximum Gasteiger partial charge on any atom is 0.256 e. The van der Waals surface area contributed by atoms with Gasteiger partial charge in [0.05, 0.1) is 5.57 Å². The largest absolute Gasteiger partial charge is 0.358 e. The molecule has 182 valence electrons. The van der Waals surface area contributed by atoms with Gasteiger partial charge in [-0.25, -0.2) is 9.60 Å². The van der Waals surface area contributed by atoms with Crippen LogP contribution in [0.2, 0.25) is 0 Å². The number of hydrogen-bond donors (Lipinski definition) is 3. The number of halogens is 1. The molecule has 3 N–H and O–H groups in total. The molecule has 1 aromatic carbocycles. The van der Waals surface area contributed by atoms with Gasteiger partial charge < -0.3 is 10.3 Å². The molecule has 0 aliphatic carbocycles. The monoisotopic (exact) mass is 460 g/mol. The van der Waals surface area contributed by atoms with E-state index < -0.39 is 5.82 Å². The first-order valence-electron chi connectivity index (χ1n) is 11.7. The van der Waals surface area contributed by atoms with Crippen molar-refractivity contribution >= 4 is 29.0 Å². The fourth-order valence-electron chi connectivity index (χ4n) is 3.85. The van der Waals surface area contributed by atoms with E-state index in [9.17, 15) is 19.2 Å². The number of nitrogens with one attached hydrogen (secondary N) is 2. The number of nitrogens with zero attached hydrogens (tertiary/aromatic N) is 1. The lowest BCUT2D eigenvalue weighted by atomic mass is 10.0. The highest BCUT2D eigenvalue weighted by molar-refractivity contribution is 6.34. The van der Waals surface area contributed by atoms with E-state index in [1.165, 1.54) is 25.1 Å². The molecule has 2 heterocycles. The highest BCUT2D eigenvalue weighted by Gasteiger charge is 2.25. The second-order valence-electron chi connectivity index (χ2n) is 7.87. The summed E-state index contributed by atoms with van der Waals surface area (Å²) in [7, 11) is 0. The molecule has 3 rings (SSSR count). The Bertz CT molecular complexity index is 1000. The molecule has 0 atom stereocenters. The predicted octanol–water partition coefficient (Wildman–Crippen LogP) is 6.13. The van der Waals surface area contributed by atoms with Crippen LogP contribution in [0.25, 0.3) is 11.6 Å². The number of benzene rings is 1. The number of hydrogen-bond acceptors (Lipinski definition) is 3. The lowest BCUT2D eigenvalue weighted by Gasteiger charge is -2.26. The van der Waals surface area contributed by atoms with Crippen LogP contribution >= 0.6 is 0 Å². The maximum absolute atomic E-state index is 13.4. The van der Waals surface area contributed by atoms with Crippen LogP contribution in [0.1, 0.15) is 80.8 Å². The van der Waals surface area contributed by atoms with Gasteiger partial charge in [-0.15, -0.1) is 0 Å². The second kappa shape index (κ2) is 12.5. The second-order valence-corrected chi connectivity index (χ2v) is 7.87. The first-order chi connectivity index (χ1) is 15.6. The van der Waals surface area contributed by atoms with E-state index in [1.807, 2.05) is 41.5 Å². The van der Waals surface area contributed by atoms with E-state index in [1.54, 1.807) is 6.08 Å². The Labute approximate surface area is 197 Å². The number of fused-ring (bicyclic) bond motifs is 1. The van der Waals surface area contributed by atoms with Gasteiger partial charge in [0.2, 0.25) is 0 Å². The number of aromatic nitrogens is 1. The smallest absolute Gasteiger partial charge is 0.256 e. The maximum atomic E-state index is 13.4. The Kier molecular flexibility index (Phi) is 10.7. The summed E-state index contributed by atoms with van der Waals surface area (Å²) in [5.41, 5.74) is 4.36. The van der Waals surface area contributed by atoms with Crippen LogP contribution in [-0.4, -0.2) is 46.2 Å². The average Bonchev–Trinajstić information content (AvgIpc) is 3.25. The summed E-state index contributed by atoms with van der Waals surface area (Å²) in [5, 5.41) is 12.3. The van der Waals surface area contributed by atoms with Crippen molar-refractivity contribution in [3.8, 4) is 0 Å². The Morgan fingerprint density at radius 2 is 1.76 bits per heavy atom. The molecule has 6 nitrogen and oxygen atoms in total.